The van der Waals surface area contributed by atoms with Gasteiger partial charge in [-0.15, -0.1) is 0 Å². The summed E-state index contributed by atoms with van der Waals surface area (Å²) >= 11 is 0. The monoisotopic (exact) mass is 278 g/mol. The predicted octanol–water partition coefficient (Wildman–Crippen LogP) is 2.81. The highest BCUT2D eigenvalue weighted by Gasteiger charge is 2.05. The fourth-order valence-corrected chi connectivity index (χ4v) is 1.92. The number of rotatable bonds is 3. The lowest BCUT2D eigenvalue weighted by molar-refractivity contribution is 0.102. The number of hydrogen-bond acceptors (Lipinski definition) is 2. The van der Waals surface area contributed by atoms with Crippen LogP contribution in [-0.4, -0.2) is 12.5 Å². The summed E-state index contributed by atoms with van der Waals surface area (Å²) in [6.07, 6.45) is 0.962. The zero-order chi connectivity index (χ0) is 15.1. The summed E-state index contributed by atoms with van der Waals surface area (Å²) in [5.41, 5.74) is 8.77. The third-order valence-electron chi connectivity index (χ3n) is 3.08. The SMILES string of the molecule is CCc1ccc(C(=O)Nc2cccc(C#CCN)c2)cc1. The van der Waals surface area contributed by atoms with Crippen LogP contribution in [0.5, 0.6) is 0 Å². The molecule has 0 aliphatic rings. The molecule has 0 spiro atoms. The lowest BCUT2D eigenvalue weighted by Gasteiger charge is -2.06. The zero-order valence-corrected chi connectivity index (χ0v) is 12.0. The van der Waals surface area contributed by atoms with E-state index in [1.807, 2.05) is 48.5 Å². The van der Waals surface area contributed by atoms with Crippen LogP contribution in [0.25, 0.3) is 0 Å². The van der Waals surface area contributed by atoms with Gasteiger partial charge in [-0.05, 0) is 42.3 Å². The third-order valence-corrected chi connectivity index (χ3v) is 3.08. The van der Waals surface area contributed by atoms with Gasteiger partial charge >= 0.3 is 0 Å². The van der Waals surface area contributed by atoms with Crippen molar-refractivity contribution < 1.29 is 4.79 Å². The smallest absolute Gasteiger partial charge is 0.255 e. The molecule has 3 nitrogen and oxygen atoms in total. The third kappa shape index (κ3) is 4.20. The van der Waals surface area contributed by atoms with Crippen LogP contribution < -0.4 is 11.1 Å². The Morgan fingerprint density at radius 3 is 2.62 bits per heavy atom. The van der Waals surface area contributed by atoms with Crippen LogP contribution in [0.1, 0.15) is 28.4 Å². The van der Waals surface area contributed by atoms with E-state index in [1.165, 1.54) is 5.56 Å². The van der Waals surface area contributed by atoms with E-state index >= 15 is 0 Å². The van der Waals surface area contributed by atoms with E-state index in [-0.39, 0.29) is 5.91 Å². The van der Waals surface area contributed by atoms with Gasteiger partial charge in [-0.25, -0.2) is 0 Å². The Morgan fingerprint density at radius 1 is 1.19 bits per heavy atom. The first-order valence-corrected chi connectivity index (χ1v) is 6.92. The number of carbonyl (C=O) groups excluding carboxylic acids is 1. The lowest BCUT2D eigenvalue weighted by Crippen LogP contribution is -2.11. The van der Waals surface area contributed by atoms with Crippen LogP contribution in [0.2, 0.25) is 0 Å². The van der Waals surface area contributed by atoms with Crippen molar-refractivity contribution in [2.75, 3.05) is 11.9 Å². The van der Waals surface area contributed by atoms with Crippen molar-refractivity contribution >= 4 is 11.6 Å². The molecule has 0 aromatic heterocycles. The van der Waals surface area contributed by atoms with Gasteiger partial charge in [0.2, 0.25) is 0 Å². The Labute approximate surface area is 125 Å². The van der Waals surface area contributed by atoms with Crippen LogP contribution >= 0.6 is 0 Å². The number of anilines is 1. The highest BCUT2D eigenvalue weighted by atomic mass is 16.1. The van der Waals surface area contributed by atoms with Crippen molar-refractivity contribution in [3.63, 3.8) is 0 Å². The number of benzene rings is 2. The quantitative estimate of drug-likeness (QED) is 0.848. The van der Waals surface area contributed by atoms with Crippen LogP contribution in [0, 0.1) is 11.8 Å². The molecule has 3 heteroatoms. The van der Waals surface area contributed by atoms with E-state index in [0.717, 1.165) is 17.7 Å². The van der Waals surface area contributed by atoms with Gasteiger partial charge in [-0.3, -0.25) is 4.79 Å². The molecule has 3 N–H and O–H groups in total. The van der Waals surface area contributed by atoms with Crippen molar-refractivity contribution in [1.82, 2.24) is 0 Å². The molecule has 0 saturated carbocycles. The van der Waals surface area contributed by atoms with Crippen LogP contribution in [0.4, 0.5) is 5.69 Å². The molecule has 2 rings (SSSR count). The first-order valence-electron chi connectivity index (χ1n) is 6.92. The topological polar surface area (TPSA) is 55.1 Å². The van der Waals surface area contributed by atoms with Crippen LogP contribution in [0.15, 0.2) is 48.5 Å². The largest absolute Gasteiger partial charge is 0.322 e. The van der Waals surface area contributed by atoms with Crippen molar-refractivity contribution in [2.45, 2.75) is 13.3 Å². The second kappa shape index (κ2) is 7.28. The molecule has 0 saturated heterocycles. The van der Waals surface area contributed by atoms with E-state index in [9.17, 15) is 4.79 Å². The van der Waals surface area contributed by atoms with Crippen LogP contribution in [-0.2, 0) is 6.42 Å². The molecular weight excluding hydrogens is 260 g/mol. The summed E-state index contributed by atoms with van der Waals surface area (Å²) < 4.78 is 0. The molecule has 106 valence electrons. The molecule has 21 heavy (non-hydrogen) atoms. The number of hydrogen-bond donors (Lipinski definition) is 2. The number of carbonyl (C=O) groups is 1. The Morgan fingerprint density at radius 2 is 1.95 bits per heavy atom. The number of nitrogens with two attached hydrogens (primary N) is 1. The Bertz CT molecular complexity index is 678. The van der Waals surface area contributed by atoms with Gasteiger partial charge in [-0.1, -0.05) is 37.0 Å². The standard InChI is InChI=1S/C18H18N2O/c1-2-14-8-10-16(11-9-14)18(21)20-17-7-3-5-15(13-17)6-4-12-19/h3,5,7-11,13H,2,12,19H2,1H3,(H,20,21). The van der Waals surface area contributed by atoms with Gasteiger partial charge in [0.1, 0.15) is 0 Å². The Balaban J connectivity index is 2.11. The van der Waals surface area contributed by atoms with Crippen molar-refractivity contribution in [2.24, 2.45) is 5.73 Å². The maximum atomic E-state index is 12.2. The Kier molecular flexibility index (Phi) is 5.14. The molecule has 0 fully saturated rings. The minimum atomic E-state index is -0.124. The van der Waals surface area contributed by atoms with Gasteiger partial charge in [0.15, 0.2) is 0 Å². The number of amides is 1. The van der Waals surface area contributed by atoms with Crippen molar-refractivity contribution in [1.29, 1.82) is 0 Å². The molecule has 0 unspecified atom stereocenters. The van der Waals surface area contributed by atoms with E-state index in [0.29, 0.717) is 12.1 Å². The van der Waals surface area contributed by atoms with Crippen LogP contribution in [0.3, 0.4) is 0 Å². The van der Waals surface area contributed by atoms with E-state index in [2.05, 4.69) is 24.1 Å². The first-order chi connectivity index (χ1) is 10.2. The molecule has 0 heterocycles. The first kappa shape index (κ1) is 14.8. The normalized spacial score (nSPS) is 9.62. The summed E-state index contributed by atoms with van der Waals surface area (Å²) in [5.74, 6) is 5.62. The molecule has 0 bridgehead atoms. The van der Waals surface area contributed by atoms with Gasteiger partial charge in [0.05, 0.1) is 6.54 Å². The molecule has 0 aliphatic heterocycles. The van der Waals surface area contributed by atoms with Crippen molar-refractivity contribution in [3.05, 3.63) is 65.2 Å². The molecule has 2 aromatic rings. The maximum Gasteiger partial charge on any atom is 0.255 e. The van der Waals surface area contributed by atoms with E-state index in [4.69, 9.17) is 5.73 Å². The van der Waals surface area contributed by atoms with Gasteiger partial charge < -0.3 is 11.1 Å². The maximum absolute atomic E-state index is 12.2. The second-order valence-corrected chi connectivity index (χ2v) is 4.59. The highest BCUT2D eigenvalue weighted by molar-refractivity contribution is 6.04. The van der Waals surface area contributed by atoms with Gasteiger partial charge in [0.25, 0.3) is 5.91 Å². The second-order valence-electron chi connectivity index (χ2n) is 4.59. The average Bonchev–Trinajstić information content (AvgIpc) is 2.53. The molecule has 0 aliphatic carbocycles. The minimum Gasteiger partial charge on any atom is -0.322 e. The molecule has 0 radical (unpaired) electrons. The van der Waals surface area contributed by atoms with E-state index in [1.54, 1.807) is 0 Å². The minimum absolute atomic E-state index is 0.124. The fourth-order valence-electron chi connectivity index (χ4n) is 1.92. The highest BCUT2D eigenvalue weighted by Crippen LogP contribution is 2.12. The number of aryl methyl sites for hydroxylation is 1. The zero-order valence-electron chi connectivity index (χ0n) is 12.0. The summed E-state index contributed by atoms with van der Waals surface area (Å²) in [4.78, 5) is 12.2. The van der Waals surface area contributed by atoms with E-state index < -0.39 is 0 Å². The van der Waals surface area contributed by atoms with Crippen molar-refractivity contribution in [3.8, 4) is 11.8 Å². The summed E-state index contributed by atoms with van der Waals surface area (Å²) in [5, 5.41) is 2.87. The van der Waals surface area contributed by atoms with Gasteiger partial charge in [0, 0.05) is 16.8 Å². The molecule has 0 atom stereocenters. The molecular formula is C18H18N2O. The predicted molar refractivity (Wildman–Crippen MR) is 86.1 cm³/mol. The number of nitrogens with one attached hydrogen (secondary N) is 1. The summed E-state index contributed by atoms with van der Waals surface area (Å²) in [7, 11) is 0. The molecule has 2 aromatic carbocycles. The summed E-state index contributed by atoms with van der Waals surface area (Å²) in [6, 6.07) is 15.0. The average molecular weight is 278 g/mol. The lowest BCUT2D eigenvalue weighted by atomic mass is 10.1. The Hall–Kier alpha value is -2.57. The van der Waals surface area contributed by atoms with Gasteiger partial charge in [-0.2, -0.15) is 0 Å². The summed E-state index contributed by atoms with van der Waals surface area (Å²) in [6.45, 7) is 2.41. The fraction of sp³-hybridized carbons (Fsp3) is 0.167. The molecule has 1 amide bonds.